The number of halogens is 2. The second kappa shape index (κ2) is 6.08. The van der Waals surface area contributed by atoms with Crippen molar-refractivity contribution in [2.45, 2.75) is 13.0 Å². The number of hydrogen-bond donors (Lipinski definition) is 1. The second-order valence-corrected chi connectivity index (χ2v) is 6.29. The van der Waals surface area contributed by atoms with Gasteiger partial charge in [0.2, 0.25) is 0 Å². The number of anilines is 1. The molecular weight excluding hydrogens is 346 g/mol. The van der Waals surface area contributed by atoms with Gasteiger partial charge in [0.15, 0.2) is 0 Å². The van der Waals surface area contributed by atoms with E-state index in [0.29, 0.717) is 0 Å². The van der Waals surface area contributed by atoms with Crippen LogP contribution in [-0.2, 0) is 0 Å². The molecule has 0 bridgehead atoms. The Balaban J connectivity index is 1.99. The summed E-state index contributed by atoms with van der Waals surface area (Å²) in [6.45, 7) is 2.12. The topological polar surface area (TPSA) is 12.0 Å². The lowest BCUT2D eigenvalue weighted by Crippen LogP contribution is -2.07. The van der Waals surface area contributed by atoms with Crippen LogP contribution in [0, 0.1) is 0 Å². The third-order valence-corrected chi connectivity index (χ3v) is 4.65. The fourth-order valence-electron chi connectivity index (χ4n) is 2.53. The normalized spacial score (nSPS) is 12.3. The summed E-state index contributed by atoms with van der Waals surface area (Å²) < 4.78 is 1.11. The molecule has 3 aromatic carbocycles. The number of fused-ring (bicyclic) bond motifs is 1. The zero-order valence-electron chi connectivity index (χ0n) is 11.6. The van der Waals surface area contributed by atoms with E-state index in [2.05, 4.69) is 64.6 Å². The Morgan fingerprint density at radius 3 is 2.33 bits per heavy atom. The maximum Gasteiger partial charge on any atom is 0.0500 e. The van der Waals surface area contributed by atoms with Gasteiger partial charge in [0, 0.05) is 20.6 Å². The van der Waals surface area contributed by atoms with Crippen LogP contribution >= 0.6 is 27.5 Å². The van der Waals surface area contributed by atoms with E-state index in [1.807, 2.05) is 24.3 Å². The summed E-state index contributed by atoms with van der Waals surface area (Å²) in [6, 6.07) is 20.6. The maximum absolute atomic E-state index is 6.28. The number of benzene rings is 3. The van der Waals surface area contributed by atoms with Gasteiger partial charge in [-0.15, -0.1) is 0 Å². The molecule has 0 amide bonds. The van der Waals surface area contributed by atoms with Gasteiger partial charge in [-0.25, -0.2) is 0 Å². The van der Waals surface area contributed by atoms with Gasteiger partial charge in [-0.1, -0.05) is 70.0 Å². The summed E-state index contributed by atoms with van der Waals surface area (Å²) in [5, 5.41) is 6.76. The van der Waals surface area contributed by atoms with E-state index in [0.717, 1.165) is 20.7 Å². The summed E-state index contributed by atoms with van der Waals surface area (Å²) in [6.07, 6.45) is 0. The highest BCUT2D eigenvalue weighted by atomic mass is 79.9. The Labute approximate surface area is 138 Å². The first kappa shape index (κ1) is 14.4. The van der Waals surface area contributed by atoms with E-state index >= 15 is 0 Å². The van der Waals surface area contributed by atoms with Gasteiger partial charge in [0.1, 0.15) is 0 Å². The molecule has 0 heterocycles. The van der Waals surface area contributed by atoms with Crippen LogP contribution in [0.15, 0.2) is 65.1 Å². The van der Waals surface area contributed by atoms with Crippen molar-refractivity contribution in [3.63, 3.8) is 0 Å². The van der Waals surface area contributed by atoms with E-state index in [1.165, 1.54) is 10.8 Å². The van der Waals surface area contributed by atoms with Crippen molar-refractivity contribution in [2.75, 3.05) is 5.32 Å². The van der Waals surface area contributed by atoms with Crippen molar-refractivity contribution in [1.82, 2.24) is 0 Å². The highest BCUT2D eigenvalue weighted by Gasteiger charge is 2.11. The van der Waals surface area contributed by atoms with E-state index in [4.69, 9.17) is 11.6 Å². The Bertz CT molecular complexity index is 785. The summed E-state index contributed by atoms with van der Waals surface area (Å²) in [7, 11) is 0. The Hall–Kier alpha value is -1.51. The quantitative estimate of drug-likeness (QED) is 0.567. The Morgan fingerprint density at radius 1 is 0.905 bits per heavy atom. The monoisotopic (exact) mass is 359 g/mol. The van der Waals surface area contributed by atoms with E-state index in [9.17, 15) is 0 Å². The minimum atomic E-state index is 0.142. The van der Waals surface area contributed by atoms with Gasteiger partial charge >= 0.3 is 0 Å². The molecule has 0 aliphatic heterocycles. The molecule has 1 unspecified atom stereocenters. The molecule has 3 heteroatoms. The molecule has 3 rings (SSSR count). The SMILES string of the molecule is CC(Nc1ccc(Br)c2ccccc12)c1ccccc1Cl. The molecule has 1 N–H and O–H groups in total. The number of rotatable bonds is 3. The maximum atomic E-state index is 6.28. The van der Waals surface area contributed by atoms with Crippen LogP contribution in [-0.4, -0.2) is 0 Å². The Morgan fingerprint density at radius 2 is 1.57 bits per heavy atom. The van der Waals surface area contributed by atoms with Gasteiger partial charge in [0.25, 0.3) is 0 Å². The molecule has 0 aliphatic carbocycles. The van der Waals surface area contributed by atoms with Crippen molar-refractivity contribution in [2.24, 2.45) is 0 Å². The summed E-state index contributed by atoms with van der Waals surface area (Å²) in [5.41, 5.74) is 2.22. The largest absolute Gasteiger partial charge is 0.378 e. The number of hydrogen-bond acceptors (Lipinski definition) is 1. The fraction of sp³-hybridized carbons (Fsp3) is 0.111. The third-order valence-electron chi connectivity index (χ3n) is 3.61. The van der Waals surface area contributed by atoms with Crippen LogP contribution in [0.2, 0.25) is 5.02 Å². The van der Waals surface area contributed by atoms with Gasteiger partial charge < -0.3 is 5.32 Å². The molecule has 0 saturated carbocycles. The van der Waals surface area contributed by atoms with Crippen molar-refractivity contribution < 1.29 is 0 Å². The average molecular weight is 361 g/mol. The van der Waals surface area contributed by atoms with Crippen molar-refractivity contribution in [3.05, 3.63) is 75.7 Å². The highest BCUT2D eigenvalue weighted by molar-refractivity contribution is 9.10. The van der Waals surface area contributed by atoms with Crippen LogP contribution in [0.3, 0.4) is 0 Å². The predicted molar refractivity (Wildman–Crippen MR) is 95.1 cm³/mol. The molecule has 1 nitrogen and oxygen atoms in total. The standard InChI is InChI=1S/C18H15BrClN/c1-12(13-6-4-5-9-17(13)20)21-18-11-10-16(19)14-7-2-3-8-15(14)18/h2-12,21H,1H3. The summed E-state index contributed by atoms with van der Waals surface area (Å²) >= 11 is 9.89. The molecule has 0 aliphatic rings. The first-order chi connectivity index (χ1) is 10.2. The smallest absolute Gasteiger partial charge is 0.0500 e. The lowest BCUT2D eigenvalue weighted by atomic mass is 10.1. The minimum absolute atomic E-state index is 0.142. The zero-order valence-corrected chi connectivity index (χ0v) is 13.9. The van der Waals surface area contributed by atoms with Crippen molar-refractivity contribution in [3.8, 4) is 0 Å². The first-order valence-corrected chi connectivity index (χ1v) is 8.02. The van der Waals surface area contributed by atoms with E-state index in [-0.39, 0.29) is 6.04 Å². The van der Waals surface area contributed by atoms with Gasteiger partial charge in [0.05, 0.1) is 6.04 Å². The average Bonchev–Trinajstić information content (AvgIpc) is 2.51. The fourth-order valence-corrected chi connectivity index (χ4v) is 3.30. The highest BCUT2D eigenvalue weighted by Crippen LogP contribution is 2.33. The molecule has 0 aromatic heterocycles. The van der Waals surface area contributed by atoms with E-state index in [1.54, 1.807) is 0 Å². The summed E-state index contributed by atoms with van der Waals surface area (Å²) in [4.78, 5) is 0. The van der Waals surface area contributed by atoms with Gasteiger partial charge in [-0.3, -0.25) is 0 Å². The first-order valence-electron chi connectivity index (χ1n) is 6.85. The summed E-state index contributed by atoms with van der Waals surface area (Å²) in [5.74, 6) is 0. The lowest BCUT2D eigenvalue weighted by molar-refractivity contribution is 0.887. The van der Waals surface area contributed by atoms with Crippen LogP contribution in [0.25, 0.3) is 10.8 Å². The molecule has 21 heavy (non-hydrogen) atoms. The van der Waals surface area contributed by atoms with Crippen LogP contribution in [0.1, 0.15) is 18.5 Å². The molecular formula is C18H15BrClN. The molecule has 3 aromatic rings. The molecule has 106 valence electrons. The third kappa shape index (κ3) is 2.92. The Kier molecular flexibility index (Phi) is 4.18. The van der Waals surface area contributed by atoms with Crippen LogP contribution in [0.4, 0.5) is 5.69 Å². The molecule has 0 saturated heterocycles. The van der Waals surface area contributed by atoms with Gasteiger partial charge in [-0.2, -0.15) is 0 Å². The van der Waals surface area contributed by atoms with Crippen LogP contribution in [0.5, 0.6) is 0 Å². The number of nitrogens with one attached hydrogen (secondary N) is 1. The van der Waals surface area contributed by atoms with Crippen LogP contribution < -0.4 is 5.32 Å². The molecule has 0 radical (unpaired) electrons. The minimum Gasteiger partial charge on any atom is -0.378 e. The van der Waals surface area contributed by atoms with Gasteiger partial charge in [-0.05, 0) is 36.1 Å². The zero-order chi connectivity index (χ0) is 14.8. The molecule has 0 spiro atoms. The second-order valence-electron chi connectivity index (χ2n) is 5.03. The predicted octanol–water partition coefficient (Wildman–Crippen LogP) is 6.43. The van der Waals surface area contributed by atoms with Crippen molar-refractivity contribution >= 4 is 44.0 Å². The molecule has 1 atom stereocenters. The van der Waals surface area contributed by atoms with E-state index < -0.39 is 0 Å². The van der Waals surface area contributed by atoms with Crippen molar-refractivity contribution in [1.29, 1.82) is 0 Å². The molecule has 0 fully saturated rings. The lowest BCUT2D eigenvalue weighted by Gasteiger charge is -2.19.